The fraction of sp³-hybridized carbons (Fsp3) is 0.421. The zero-order valence-corrected chi connectivity index (χ0v) is 18.6. The van der Waals surface area contributed by atoms with E-state index in [0.29, 0.717) is 6.42 Å². The number of H-pyrrole nitrogens is 1. The van der Waals surface area contributed by atoms with Gasteiger partial charge in [-0.15, -0.1) is 0 Å². The van der Waals surface area contributed by atoms with Crippen LogP contribution in [0, 0.1) is 6.92 Å². The Bertz CT molecular complexity index is 1210. The maximum absolute atomic E-state index is 12.3. The van der Waals surface area contributed by atoms with Gasteiger partial charge in [-0.3, -0.25) is 23.7 Å². The number of aryl methyl sites for hydroxylation is 1. The van der Waals surface area contributed by atoms with Crippen molar-refractivity contribution in [1.29, 1.82) is 0 Å². The van der Waals surface area contributed by atoms with E-state index in [0.717, 1.165) is 10.1 Å². The minimum Gasteiger partial charge on any atom is -0.352 e. The Hall–Kier alpha value is -3.21. The number of aromatic amines is 1. The van der Waals surface area contributed by atoms with Crippen LogP contribution in [0.25, 0.3) is 10.4 Å². The zero-order chi connectivity index (χ0) is 24.0. The molecule has 3 N–H and O–H groups in total. The molecule has 4 atom stereocenters. The Kier molecular flexibility index (Phi) is 7.85. The smallest absolute Gasteiger partial charge is 0.352 e. The lowest BCUT2D eigenvalue weighted by molar-refractivity contribution is -0.0235. The van der Waals surface area contributed by atoms with Crippen LogP contribution in [-0.2, 0) is 20.2 Å². The number of carbonyl (C=O) groups is 1. The van der Waals surface area contributed by atoms with E-state index in [1.165, 1.54) is 13.1 Å². The monoisotopic (exact) mass is 478 g/mol. The van der Waals surface area contributed by atoms with E-state index in [4.69, 9.17) is 14.8 Å². The first-order chi connectivity index (χ1) is 15.7. The van der Waals surface area contributed by atoms with Gasteiger partial charge in [0.1, 0.15) is 6.23 Å². The van der Waals surface area contributed by atoms with Crippen LogP contribution < -0.4 is 16.6 Å². The summed E-state index contributed by atoms with van der Waals surface area (Å²) in [5.41, 5.74) is 7.61. The van der Waals surface area contributed by atoms with Crippen LogP contribution in [0.15, 0.2) is 51.2 Å². The van der Waals surface area contributed by atoms with Crippen molar-refractivity contribution >= 4 is 13.2 Å². The second kappa shape index (κ2) is 10.6. The number of ether oxygens (including phenoxy) is 1. The Labute approximate surface area is 187 Å². The fourth-order valence-electron chi connectivity index (χ4n) is 3.32. The van der Waals surface area contributed by atoms with E-state index < -0.39 is 49.5 Å². The predicted octanol–water partition coefficient (Wildman–Crippen LogP) is 1.97. The third-order valence-corrected chi connectivity index (χ3v) is 6.23. The molecule has 1 aromatic carbocycles. The molecule has 1 unspecified atom stereocenters. The lowest BCUT2D eigenvalue weighted by Gasteiger charge is -2.18. The van der Waals surface area contributed by atoms with Crippen molar-refractivity contribution in [1.82, 2.24) is 14.9 Å². The summed E-state index contributed by atoms with van der Waals surface area (Å²) in [6.45, 7) is 1.11. The summed E-state index contributed by atoms with van der Waals surface area (Å²) in [5.74, 6) is 0. The molecule has 0 radical (unpaired) electrons. The van der Waals surface area contributed by atoms with Crippen LogP contribution in [0.4, 0.5) is 4.79 Å². The highest BCUT2D eigenvalue weighted by Crippen LogP contribution is 2.44. The van der Waals surface area contributed by atoms with Gasteiger partial charge in [-0.2, -0.15) is 0 Å². The van der Waals surface area contributed by atoms with Gasteiger partial charge < -0.3 is 14.9 Å². The molecule has 1 aromatic heterocycles. The molecule has 0 bridgehead atoms. The quantitative estimate of drug-likeness (QED) is 0.212. The number of nitrogens with one attached hydrogen (secondary N) is 2. The van der Waals surface area contributed by atoms with Crippen molar-refractivity contribution in [2.24, 2.45) is 5.11 Å². The largest absolute Gasteiger partial charge is 0.415 e. The van der Waals surface area contributed by atoms with Crippen LogP contribution in [0.2, 0.25) is 0 Å². The van der Waals surface area contributed by atoms with E-state index in [1.807, 2.05) is 30.3 Å². The number of carbonyl (C=O) groups excluding carboxylic acids is 1. The van der Waals surface area contributed by atoms with Crippen LogP contribution in [-0.4, -0.2) is 45.4 Å². The Balaban J connectivity index is 1.61. The molecule has 14 heteroatoms. The molecular weight excluding hydrogens is 455 g/mol. The highest BCUT2D eigenvalue weighted by Gasteiger charge is 2.39. The predicted molar refractivity (Wildman–Crippen MR) is 117 cm³/mol. The van der Waals surface area contributed by atoms with Crippen LogP contribution in [0.1, 0.15) is 23.8 Å². The molecule has 2 aromatic rings. The summed E-state index contributed by atoms with van der Waals surface area (Å²) in [5, 5.41) is 5.95. The number of azide groups is 1. The molecule has 33 heavy (non-hydrogen) atoms. The van der Waals surface area contributed by atoms with E-state index in [-0.39, 0.29) is 18.5 Å². The lowest BCUT2D eigenvalue weighted by Crippen LogP contribution is -2.33. The topological polar surface area (TPSA) is 188 Å². The van der Waals surface area contributed by atoms with Gasteiger partial charge in [0.05, 0.1) is 18.8 Å². The van der Waals surface area contributed by atoms with Crippen molar-refractivity contribution in [2.75, 3.05) is 13.2 Å². The van der Waals surface area contributed by atoms with Crippen LogP contribution in [0.5, 0.6) is 0 Å². The summed E-state index contributed by atoms with van der Waals surface area (Å²) >= 11 is 0. The van der Waals surface area contributed by atoms with Crippen molar-refractivity contribution < 1.29 is 23.5 Å². The van der Waals surface area contributed by atoms with Crippen molar-refractivity contribution in [2.45, 2.75) is 38.1 Å². The highest BCUT2D eigenvalue weighted by atomic mass is 31.2. The number of aromatic nitrogens is 2. The Morgan fingerprint density at radius 1 is 1.42 bits per heavy atom. The van der Waals surface area contributed by atoms with Gasteiger partial charge in [-0.25, -0.2) is 9.36 Å². The number of nitrogens with zero attached hydrogens (tertiary/aromatic N) is 4. The number of hydrogen-bond acceptors (Lipinski definition) is 7. The number of benzene rings is 1. The Morgan fingerprint density at radius 3 is 2.85 bits per heavy atom. The first-order valence-electron chi connectivity index (χ1n) is 10.0. The van der Waals surface area contributed by atoms with Crippen molar-refractivity contribution in [3.05, 3.63) is 78.9 Å². The molecular formula is C19H23N6O7P. The van der Waals surface area contributed by atoms with E-state index in [1.54, 1.807) is 0 Å². The molecule has 0 aliphatic carbocycles. The van der Waals surface area contributed by atoms with Gasteiger partial charge in [-0.1, -0.05) is 35.4 Å². The van der Waals surface area contributed by atoms with E-state index in [9.17, 15) is 23.8 Å². The van der Waals surface area contributed by atoms with Gasteiger partial charge >= 0.3 is 18.9 Å². The number of hydrogen-bond donors (Lipinski definition) is 3. The van der Waals surface area contributed by atoms with Crippen molar-refractivity contribution in [3.8, 4) is 0 Å². The normalized spacial score (nSPS) is 21.7. The highest BCUT2D eigenvalue weighted by molar-refractivity contribution is 7.70. The molecule has 3 rings (SSSR count). The van der Waals surface area contributed by atoms with Gasteiger partial charge in [0, 0.05) is 29.6 Å². The third-order valence-electron chi connectivity index (χ3n) is 5.06. The summed E-state index contributed by atoms with van der Waals surface area (Å²) in [6, 6.07) is 8.43. The molecule has 1 fully saturated rings. The summed E-state index contributed by atoms with van der Waals surface area (Å²) in [4.78, 5) is 50.7. The summed E-state index contributed by atoms with van der Waals surface area (Å²) in [6.07, 6.45) is -0.0776. The number of rotatable bonds is 9. The maximum atomic E-state index is 12.3. The standard InChI is InChI=1S/C19H23N6O7P/c1-12-10-25(18(27)22-17(12)26)16-9-14(23-24-20)15(32-16)11-31-33(29,30)19(28)21-8-7-13-5-3-2-4-6-13/h2-6,10,14-16H,7-9,11H2,1H3,(H,21,28)(H,29,30)(H,22,26,27)/t14-,15+,16+/m0/s1. The second-order valence-electron chi connectivity index (χ2n) is 7.40. The molecule has 1 saturated heterocycles. The third kappa shape index (κ3) is 6.19. The molecule has 1 amide bonds. The molecule has 1 aliphatic rings. The van der Waals surface area contributed by atoms with E-state index in [2.05, 4.69) is 20.3 Å². The van der Waals surface area contributed by atoms with Gasteiger partial charge in [0.25, 0.3) is 5.56 Å². The maximum Gasteiger partial charge on any atom is 0.415 e. The van der Waals surface area contributed by atoms with Crippen LogP contribution in [0.3, 0.4) is 0 Å². The second-order valence-corrected chi connectivity index (χ2v) is 9.10. The summed E-state index contributed by atoms with van der Waals surface area (Å²) in [7, 11) is -4.70. The molecule has 1 aliphatic heterocycles. The van der Waals surface area contributed by atoms with Gasteiger partial charge in [-0.05, 0) is 24.4 Å². The SMILES string of the molecule is Cc1cn([C@H]2C[C@H](N=[N+]=[N-])[C@@H](COP(=O)(O)C(=O)NCCc3ccccc3)O2)c(=O)[nH]c1=O. The fourth-order valence-corrected chi connectivity index (χ4v) is 4.09. The summed E-state index contributed by atoms with van der Waals surface area (Å²) < 4.78 is 24.1. The zero-order valence-electron chi connectivity index (χ0n) is 17.7. The molecule has 0 spiro atoms. The molecule has 176 valence electrons. The van der Waals surface area contributed by atoms with Gasteiger partial charge in [0.2, 0.25) is 0 Å². The molecule has 13 nitrogen and oxygen atoms in total. The molecule has 0 saturated carbocycles. The lowest BCUT2D eigenvalue weighted by atomic mass is 10.1. The average Bonchev–Trinajstić information content (AvgIpc) is 3.18. The minimum atomic E-state index is -4.70. The minimum absolute atomic E-state index is 0.0580. The first-order valence-corrected chi connectivity index (χ1v) is 11.6. The van der Waals surface area contributed by atoms with Gasteiger partial charge in [0.15, 0.2) is 0 Å². The van der Waals surface area contributed by atoms with Crippen molar-refractivity contribution in [3.63, 3.8) is 0 Å². The van der Waals surface area contributed by atoms with E-state index >= 15 is 0 Å². The number of amides is 1. The molecule has 2 heterocycles. The first kappa shape index (κ1) is 24.4. The Morgan fingerprint density at radius 2 is 2.15 bits per heavy atom. The van der Waals surface area contributed by atoms with Crippen LogP contribution >= 0.6 is 7.60 Å². The average molecular weight is 478 g/mol.